The Balaban J connectivity index is 2.57. The fourth-order valence-corrected chi connectivity index (χ4v) is 2.52. The topological polar surface area (TPSA) is 35.5 Å². The zero-order valence-corrected chi connectivity index (χ0v) is 11.3. The van der Waals surface area contributed by atoms with Gasteiger partial charge in [-0.25, -0.2) is 0 Å². The van der Waals surface area contributed by atoms with Gasteiger partial charge in [0.2, 0.25) is 0 Å². The van der Waals surface area contributed by atoms with Crippen LogP contribution < -0.4 is 0 Å². The molecule has 0 radical (unpaired) electrons. The number of hydrogen-bond acceptors (Lipinski definition) is 3. The van der Waals surface area contributed by atoms with Gasteiger partial charge in [0.1, 0.15) is 12.2 Å². The van der Waals surface area contributed by atoms with Gasteiger partial charge in [-0.2, -0.15) is 0 Å². The number of Topliss-reactive ketones (excluding diaryl/α,β-unsaturated/α-hetero) is 1. The molecule has 0 spiro atoms. The van der Waals surface area contributed by atoms with Crippen LogP contribution in [0.25, 0.3) is 0 Å². The second-order valence-electron chi connectivity index (χ2n) is 4.82. The molecule has 0 N–H and O–H groups in total. The van der Waals surface area contributed by atoms with Gasteiger partial charge in [-0.05, 0) is 26.2 Å². The van der Waals surface area contributed by atoms with E-state index >= 15 is 0 Å². The van der Waals surface area contributed by atoms with Crippen molar-refractivity contribution in [1.82, 2.24) is 0 Å². The number of ketones is 1. The molecule has 0 heterocycles. The lowest BCUT2D eigenvalue weighted by Gasteiger charge is -2.31. The molecular formula is C14H26O3. The predicted molar refractivity (Wildman–Crippen MR) is 68.2 cm³/mol. The van der Waals surface area contributed by atoms with E-state index in [1.165, 1.54) is 12.8 Å². The maximum atomic E-state index is 12.3. The first-order valence-electron chi connectivity index (χ1n) is 7.00. The summed E-state index contributed by atoms with van der Waals surface area (Å²) in [5.41, 5.74) is -0.543. The number of hydrogen-bond donors (Lipinski definition) is 0. The van der Waals surface area contributed by atoms with Crippen molar-refractivity contribution in [3.8, 4) is 0 Å². The lowest BCUT2D eigenvalue weighted by molar-refractivity contribution is -0.151. The molecule has 1 saturated carbocycles. The van der Waals surface area contributed by atoms with Crippen molar-refractivity contribution in [2.24, 2.45) is 0 Å². The van der Waals surface area contributed by atoms with E-state index in [1.807, 2.05) is 6.92 Å². The van der Waals surface area contributed by atoms with Gasteiger partial charge in [-0.3, -0.25) is 4.79 Å². The van der Waals surface area contributed by atoms with Crippen LogP contribution >= 0.6 is 0 Å². The Morgan fingerprint density at radius 1 is 1.12 bits per heavy atom. The van der Waals surface area contributed by atoms with Crippen LogP contribution in [0.1, 0.15) is 58.8 Å². The van der Waals surface area contributed by atoms with Gasteiger partial charge < -0.3 is 9.47 Å². The van der Waals surface area contributed by atoms with Crippen LogP contribution in [-0.4, -0.2) is 31.2 Å². The van der Waals surface area contributed by atoms with Gasteiger partial charge in [-0.1, -0.05) is 32.6 Å². The second-order valence-corrected chi connectivity index (χ2v) is 4.82. The predicted octanol–water partition coefficient (Wildman–Crippen LogP) is 3.11. The summed E-state index contributed by atoms with van der Waals surface area (Å²) in [5.74, 6) is 0.148. The van der Waals surface area contributed by atoms with Gasteiger partial charge >= 0.3 is 0 Å². The molecule has 0 amide bonds. The van der Waals surface area contributed by atoms with E-state index < -0.39 is 5.60 Å². The summed E-state index contributed by atoms with van der Waals surface area (Å²) in [6.45, 7) is 5.50. The van der Waals surface area contributed by atoms with Crippen LogP contribution in [0.4, 0.5) is 0 Å². The molecule has 3 nitrogen and oxygen atoms in total. The third-order valence-electron chi connectivity index (χ3n) is 3.42. The molecular weight excluding hydrogens is 216 g/mol. The number of ether oxygens (including phenoxy) is 2. The Labute approximate surface area is 105 Å². The van der Waals surface area contributed by atoms with E-state index in [4.69, 9.17) is 9.47 Å². The minimum atomic E-state index is -0.543. The third-order valence-corrected chi connectivity index (χ3v) is 3.42. The van der Waals surface area contributed by atoms with Crippen LogP contribution in [0.5, 0.6) is 0 Å². The summed E-state index contributed by atoms with van der Waals surface area (Å²) in [7, 11) is 0. The molecule has 0 aromatic heterocycles. The van der Waals surface area contributed by atoms with Crippen LogP contribution in [0.3, 0.4) is 0 Å². The van der Waals surface area contributed by atoms with E-state index in [1.54, 1.807) is 0 Å². The average molecular weight is 242 g/mol. The third kappa shape index (κ3) is 4.40. The highest BCUT2D eigenvalue weighted by atomic mass is 16.5. The summed E-state index contributed by atoms with van der Waals surface area (Å²) < 4.78 is 11.2. The number of carbonyl (C=O) groups is 1. The van der Waals surface area contributed by atoms with Crippen molar-refractivity contribution in [2.45, 2.75) is 64.4 Å². The largest absolute Gasteiger partial charge is 0.374 e. The van der Waals surface area contributed by atoms with Crippen LogP contribution in [-0.2, 0) is 14.3 Å². The molecule has 0 aromatic rings. The highest BCUT2D eigenvalue weighted by Gasteiger charge is 2.38. The molecule has 1 rings (SSSR count). The maximum absolute atomic E-state index is 12.3. The smallest absolute Gasteiger partial charge is 0.190 e. The van der Waals surface area contributed by atoms with E-state index in [9.17, 15) is 4.79 Å². The van der Waals surface area contributed by atoms with E-state index in [2.05, 4.69) is 6.92 Å². The van der Waals surface area contributed by atoms with Gasteiger partial charge in [0.05, 0.1) is 0 Å². The Morgan fingerprint density at radius 3 is 2.29 bits per heavy atom. The lowest BCUT2D eigenvalue weighted by Crippen LogP contribution is -2.43. The molecule has 0 unspecified atom stereocenters. The molecule has 0 aromatic carbocycles. The molecule has 3 heteroatoms. The fraction of sp³-hybridized carbons (Fsp3) is 0.929. The fourth-order valence-electron chi connectivity index (χ4n) is 2.52. The van der Waals surface area contributed by atoms with E-state index in [0.29, 0.717) is 13.2 Å². The summed E-state index contributed by atoms with van der Waals surface area (Å²) >= 11 is 0. The molecule has 1 aliphatic rings. The molecule has 1 aliphatic carbocycles. The zero-order valence-electron chi connectivity index (χ0n) is 11.3. The first-order chi connectivity index (χ1) is 8.25. The van der Waals surface area contributed by atoms with E-state index in [0.717, 1.165) is 32.1 Å². The molecule has 0 bridgehead atoms. The first kappa shape index (κ1) is 14.7. The Morgan fingerprint density at radius 2 is 1.76 bits per heavy atom. The Bertz CT molecular complexity index is 218. The summed E-state index contributed by atoms with van der Waals surface area (Å²) in [6, 6.07) is 0. The minimum Gasteiger partial charge on any atom is -0.374 e. The van der Waals surface area contributed by atoms with Gasteiger partial charge in [0, 0.05) is 13.2 Å². The SMILES string of the molecule is CCCOCC(=O)C1(OCC)CCCCCC1. The highest BCUT2D eigenvalue weighted by Crippen LogP contribution is 2.31. The number of carbonyl (C=O) groups excluding carboxylic acids is 1. The van der Waals surface area contributed by atoms with Crippen molar-refractivity contribution < 1.29 is 14.3 Å². The molecule has 0 atom stereocenters. The van der Waals surface area contributed by atoms with Crippen molar-refractivity contribution >= 4 is 5.78 Å². The van der Waals surface area contributed by atoms with Crippen LogP contribution in [0.15, 0.2) is 0 Å². The van der Waals surface area contributed by atoms with Crippen molar-refractivity contribution in [2.75, 3.05) is 19.8 Å². The Kier molecular flexibility index (Phi) is 6.75. The van der Waals surface area contributed by atoms with Gasteiger partial charge in [-0.15, -0.1) is 0 Å². The van der Waals surface area contributed by atoms with Crippen molar-refractivity contribution in [3.63, 3.8) is 0 Å². The molecule has 0 aliphatic heterocycles. The lowest BCUT2D eigenvalue weighted by atomic mass is 9.89. The average Bonchev–Trinajstić information content (AvgIpc) is 2.56. The second kappa shape index (κ2) is 7.83. The zero-order chi connectivity index (χ0) is 12.6. The monoisotopic (exact) mass is 242 g/mol. The highest BCUT2D eigenvalue weighted by molar-refractivity contribution is 5.88. The Hall–Kier alpha value is -0.410. The summed E-state index contributed by atoms with van der Waals surface area (Å²) in [5, 5.41) is 0. The number of rotatable bonds is 7. The summed E-state index contributed by atoms with van der Waals surface area (Å²) in [6.07, 6.45) is 7.33. The molecule has 100 valence electrons. The van der Waals surface area contributed by atoms with E-state index in [-0.39, 0.29) is 12.4 Å². The van der Waals surface area contributed by atoms with Crippen LogP contribution in [0, 0.1) is 0 Å². The van der Waals surface area contributed by atoms with Gasteiger partial charge in [0.15, 0.2) is 5.78 Å². The molecule has 1 fully saturated rings. The standard InChI is InChI=1S/C14H26O3/c1-3-11-16-12-13(15)14(17-4-2)9-7-5-6-8-10-14/h3-12H2,1-2H3. The quantitative estimate of drug-likeness (QED) is 0.508. The minimum absolute atomic E-state index is 0.148. The van der Waals surface area contributed by atoms with Crippen molar-refractivity contribution in [1.29, 1.82) is 0 Å². The molecule has 0 saturated heterocycles. The maximum Gasteiger partial charge on any atom is 0.190 e. The molecule has 17 heavy (non-hydrogen) atoms. The normalized spacial score (nSPS) is 19.9. The van der Waals surface area contributed by atoms with Crippen molar-refractivity contribution in [3.05, 3.63) is 0 Å². The first-order valence-corrected chi connectivity index (χ1v) is 7.00. The van der Waals surface area contributed by atoms with Gasteiger partial charge in [0.25, 0.3) is 0 Å². The van der Waals surface area contributed by atoms with Crippen LogP contribution in [0.2, 0.25) is 0 Å². The summed E-state index contributed by atoms with van der Waals surface area (Å²) in [4.78, 5) is 12.3.